The van der Waals surface area contributed by atoms with Crippen LogP contribution in [0.1, 0.15) is 45.2 Å². The van der Waals surface area contributed by atoms with Gasteiger partial charge >= 0.3 is 6.36 Å². The third kappa shape index (κ3) is 4.47. The first-order valence-corrected chi connectivity index (χ1v) is 10.7. The fourth-order valence-electron chi connectivity index (χ4n) is 2.40. The van der Waals surface area contributed by atoms with E-state index in [0.29, 0.717) is 18.5 Å². The molecule has 1 aliphatic rings. The predicted molar refractivity (Wildman–Crippen MR) is 85.0 cm³/mol. The lowest BCUT2D eigenvalue weighted by molar-refractivity contribution is -0.275. The van der Waals surface area contributed by atoms with Crippen LogP contribution in [0.3, 0.4) is 0 Å². The highest BCUT2D eigenvalue weighted by Gasteiger charge is 2.44. The maximum Gasteiger partial charge on any atom is 0.573 e. The van der Waals surface area contributed by atoms with Gasteiger partial charge in [0.15, 0.2) is 14.1 Å². The summed E-state index contributed by atoms with van der Waals surface area (Å²) >= 11 is 0. The Morgan fingerprint density at radius 1 is 1.17 bits per heavy atom. The molecule has 1 aromatic rings. The maximum atomic E-state index is 12.5. The lowest BCUT2D eigenvalue weighted by atomic mass is 9.79. The quantitative estimate of drug-likeness (QED) is 0.697. The number of hydrogen-bond acceptors (Lipinski definition) is 3. The summed E-state index contributed by atoms with van der Waals surface area (Å²) in [4.78, 5) is 4.10. The van der Waals surface area contributed by atoms with E-state index in [1.165, 1.54) is 18.3 Å². The Kier molecular flexibility index (Phi) is 4.83. The molecule has 0 aliphatic heterocycles. The molecule has 1 aromatic heterocycles. The SMILES string of the molecule is CC(C)(C)[Si](C)(C)OC1CC(c2ncccc2OC(F)(F)F)C1. The molecule has 0 bridgehead atoms. The minimum Gasteiger partial charge on any atom is -0.414 e. The minimum absolute atomic E-state index is 0.0386. The summed E-state index contributed by atoms with van der Waals surface area (Å²) in [6.45, 7) is 10.9. The van der Waals surface area contributed by atoms with Crippen molar-refractivity contribution in [3.63, 3.8) is 0 Å². The molecule has 1 heterocycles. The minimum atomic E-state index is -4.70. The van der Waals surface area contributed by atoms with Crippen molar-refractivity contribution in [2.45, 2.75) is 70.1 Å². The third-order valence-corrected chi connectivity index (χ3v) is 9.31. The van der Waals surface area contributed by atoms with Crippen LogP contribution in [-0.2, 0) is 4.43 Å². The van der Waals surface area contributed by atoms with Crippen LogP contribution in [0, 0.1) is 0 Å². The predicted octanol–water partition coefficient (Wildman–Crippen LogP) is 5.25. The highest BCUT2D eigenvalue weighted by atomic mass is 28.4. The summed E-state index contributed by atoms with van der Waals surface area (Å²) in [5.74, 6) is -0.237. The van der Waals surface area contributed by atoms with Gasteiger partial charge in [0.05, 0.1) is 5.69 Å². The van der Waals surface area contributed by atoms with E-state index in [0.717, 1.165) is 0 Å². The van der Waals surface area contributed by atoms with Crippen LogP contribution in [0.4, 0.5) is 13.2 Å². The second-order valence-electron chi connectivity index (χ2n) is 7.60. The van der Waals surface area contributed by atoms with Crippen molar-refractivity contribution in [3.05, 3.63) is 24.0 Å². The Morgan fingerprint density at radius 3 is 2.30 bits per heavy atom. The highest BCUT2D eigenvalue weighted by molar-refractivity contribution is 6.74. The molecule has 130 valence electrons. The number of pyridine rings is 1. The Balaban J connectivity index is 2.01. The molecule has 0 unspecified atom stereocenters. The molecule has 0 aromatic carbocycles. The summed E-state index contributed by atoms with van der Waals surface area (Å²) in [5, 5.41) is 0.119. The van der Waals surface area contributed by atoms with Crippen LogP contribution in [-0.4, -0.2) is 25.8 Å². The van der Waals surface area contributed by atoms with Gasteiger partial charge in [0, 0.05) is 18.2 Å². The van der Waals surface area contributed by atoms with Gasteiger partial charge in [-0.25, -0.2) is 0 Å². The van der Waals surface area contributed by atoms with Crippen molar-refractivity contribution < 1.29 is 22.3 Å². The fraction of sp³-hybridized carbons (Fsp3) is 0.688. The van der Waals surface area contributed by atoms with E-state index in [2.05, 4.69) is 43.6 Å². The van der Waals surface area contributed by atoms with Crippen molar-refractivity contribution >= 4 is 8.32 Å². The molecule has 3 nitrogen and oxygen atoms in total. The molecule has 0 N–H and O–H groups in total. The van der Waals surface area contributed by atoms with Crippen molar-refractivity contribution in [1.29, 1.82) is 0 Å². The zero-order valence-electron chi connectivity index (χ0n) is 14.2. The molecule has 0 saturated heterocycles. The van der Waals surface area contributed by atoms with Crippen molar-refractivity contribution in [3.8, 4) is 5.75 Å². The van der Waals surface area contributed by atoms with Crippen LogP contribution in [0.25, 0.3) is 0 Å². The van der Waals surface area contributed by atoms with E-state index < -0.39 is 14.7 Å². The smallest absolute Gasteiger partial charge is 0.414 e. The van der Waals surface area contributed by atoms with Gasteiger partial charge in [-0.15, -0.1) is 13.2 Å². The van der Waals surface area contributed by atoms with Gasteiger partial charge in [-0.05, 0) is 43.1 Å². The lowest BCUT2D eigenvalue weighted by Gasteiger charge is -2.44. The average Bonchev–Trinajstić information content (AvgIpc) is 2.31. The molecule has 1 saturated carbocycles. The summed E-state index contributed by atoms with van der Waals surface area (Å²) in [7, 11) is -1.85. The van der Waals surface area contributed by atoms with Crippen LogP contribution in [0.15, 0.2) is 18.3 Å². The van der Waals surface area contributed by atoms with E-state index in [4.69, 9.17) is 4.43 Å². The number of ether oxygens (including phenoxy) is 1. The van der Waals surface area contributed by atoms with Gasteiger partial charge in [-0.2, -0.15) is 0 Å². The van der Waals surface area contributed by atoms with E-state index >= 15 is 0 Å². The molecule has 7 heteroatoms. The molecule has 1 fully saturated rings. The first-order valence-electron chi connectivity index (χ1n) is 7.77. The molecule has 0 radical (unpaired) electrons. The Morgan fingerprint density at radius 2 is 1.78 bits per heavy atom. The molecular formula is C16H24F3NO2Si. The average molecular weight is 347 g/mol. The summed E-state index contributed by atoms with van der Waals surface area (Å²) in [5.41, 5.74) is 0.375. The zero-order chi connectivity index (χ0) is 17.5. The normalized spacial score (nSPS) is 22.6. The van der Waals surface area contributed by atoms with Gasteiger partial charge in [0.25, 0.3) is 0 Å². The van der Waals surface area contributed by atoms with Crippen LogP contribution in [0.5, 0.6) is 5.75 Å². The molecular weight excluding hydrogens is 323 g/mol. The van der Waals surface area contributed by atoms with Gasteiger partial charge in [-0.1, -0.05) is 20.8 Å². The van der Waals surface area contributed by atoms with Crippen LogP contribution >= 0.6 is 0 Å². The third-order valence-electron chi connectivity index (χ3n) is 4.77. The standard InChI is InChI=1S/C16H24F3NO2Si/c1-15(2,3)23(4,5)22-12-9-11(10-12)14-13(7-6-8-20-14)21-16(17,18)19/h6-8,11-12H,9-10H2,1-5H3. The second-order valence-corrected chi connectivity index (χ2v) is 12.4. The molecule has 0 atom stereocenters. The van der Waals surface area contributed by atoms with Crippen molar-refractivity contribution in [1.82, 2.24) is 4.98 Å². The summed E-state index contributed by atoms with van der Waals surface area (Å²) in [6, 6.07) is 2.77. The van der Waals surface area contributed by atoms with Crippen molar-refractivity contribution in [2.75, 3.05) is 0 Å². The van der Waals surface area contributed by atoms with Gasteiger partial charge in [0.1, 0.15) is 0 Å². The molecule has 1 aliphatic carbocycles. The summed E-state index contributed by atoms with van der Waals surface area (Å²) < 4.78 is 47.8. The molecule has 0 spiro atoms. The number of halogens is 3. The van der Waals surface area contributed by atoms with Gasteiger partial charge in [-0.3, -0.25) is 4.98 Å². The van der Waals surface area contributed by atoms with E-state index in [9.17, 15) is 13.2 Å². The number of nitrogens with zero attached hydrogens (tertiary/aromatic N) is 1. The largest absolute Gasteiger partial charge is 0.573 e. The Bertz CT molecular complexity index is 549. The van der Waals surface area contributed by atoms with Gasteiger partial charge in [0.2, 0.25) is 0 Å². The van der Waals surface area contributed by atoms with Crippen molar-refractivity contribution in [2.24, 2.45) is 0 Å². The zero-order valence-corrected chi connectivity index (χ0v) is 15.2. The highest BCUT2D eigenvalue weighted by Crippen LogP contribution is 2.46. The Hall–Kier alpha value is -1.08. The van der Waals surface area contributed by atoms with E-state index in [1.807, 2.05) is 0 Å². The number of alkyl halides is 3. The first kappa shape index (κ1) is 18.3. The van der Waals surface area contributed by atoms with Gasteiger partial charge < -0.3 is 9.16 Å². The lowest BCUT2D eigenvalue weighted by Crippen LogP contribution is -2.47. The topological polar surface area (TPSA) is 31.4 Å². The van der Waals surface area contributed by atoms with E-state index in [-0.39, 0.29) is 22.8 Å². The number of rotatable bonds is 4. The first-order chi connectivity index (χ1) is 10.4. The Labute approximate surface area is 136 Å². The molecule has 0 amide bonds. The van der Waals surface area contributed by atoms with Crippen LogP contribution in [0.2, 0.25) is 18.1 Å². The second kappa shape index (κ2) is 6.09. The molecule has 23 heavy (non-hydrogen) atoms. The summed E-state index contributed by atoms with van der Waals surface area (Å²) in [6.07, 6.45) is -1.71. The number of hydrogen-bond donors (Lipinski definition) is 0. The van der Waals surface area contributed by atoms with E-state index in [1.54, 1.807) is 0 Å². The number of aromatic nitrogens is 1. The monoisotopic (exact) mass is 347 g/mol. The fourth-order valence-corrected chi connectivity index (χ4v) is 3.78. The van der Waals surface area contributed by atoms with Crippen LogP contribution < -0.4 is 4.74 Å². The molecule has 2 rings (SSSR count). The maximum absolute atomic E-state index is 12.5.